The Hall–Kier alpha value is -1.29. The molecular weight excluding hydrogens is 244 g/mol. The monoisotopic (exact) mass is 262 g/mol. The number of nitrogens with one attached hydrogen (secondary N) is 1. The molecule has 2 atom stereocenters. The fraction of sp³-hybridized carbons (Fsp3) is 0.500. The molecule has 18 heavy (non-hydrogen) atoms. The molecule has 1 fully saturated rings. The zero-order valence-electron chi connectivity index (χ0n) is 10.9. The first-order valence-corrected chi connectivity index (χ1v) is 6.80. The molecule has 3 rings (SSSR count). The molecule has 0 radical (unpaired) electrons. The summed E-state index contributed by atoms with van der Waals surface area (Å²) in [5.74, 6) is 0.969. The number of fused-ring (bicyclic) bond motifs is 4. The van der Waals surface area contributed by atoms with Gasteiger partial charge in [-0.25, -0.2) is 0 Å². The number of thiocarbonyl (C=S) groups is 1. The Balaban J connectivity index is 2.07. The van der Waals surface area contributed by atoms with Crippen molar-refractivity contribution >= 4 is 17.3 Å². The van der Waals surface area contributed by atoms with Gasteiger partial charge in [-0.3, -0.25) is 0 Å². The summed E-state index contributed by atoms with van der Waals surface area (Å²) in [5.41, 5.74) is 0.871. The van der Waals surface area contributed by atoms with E-state index in [1.807, 2.05) is 18.2 Å². The van der Waals surface area contributed by atoms with Gasteiger partial charge in [-0.1, -0.05) is 18.2 Å². The summed E-state index contributed by atoms with van der Waals surface area (Å²) in [6, 6.07) is 8.80. The van der Waals surface area contributed by atoms with Crippen LogP contribution in [0.4, 0.5) is 0 Å². The molecule has 2 bridgehead atoms. The van der Waals surface area contributed by atoms with E-state index in [-0.39, 0.29) is 11.8 Å². The molecule has 1 aromatic rings. The highest BCUT2D eigenvalue weighted by atomic mass is 32.1. The lowest BCUT2D eigenvalue weighted by Crippen LogP contribution is -2.66. The number of benzene rings is 1. The Morgan fingerprint density at radius 1 is 1.44 bits per heavy atom. The highest BCUT2D eigenvalue weighted by Gasteiger charge is 2.48. The summed E-state index contributed by atoms with van der Waals surface area (Å²) in [6.07, 6.45) is 0.919. The van der Waals surface area contributed by atoms with Crippen LogP contribution in [0.2, 0.25) is 0 Å². The molecule has 96 valence electrons. The van der Waals surface area contributed by atoms with Gasteiger partial charge in [0.05, 0.1) is 6.04 Å². The standard InChI is InChI=1S/C14H18N2OS/c1-9(2)16-13(18)15-11-8-14(16,3)17-12-7-5-4-6-10(11)12/h4-7,9,11H,8H2,1-3H3,(H,15,18). The normalized spacial score (nSPS) is 29.7. The highest BCUT2D eigenvalue weighted by molar-refractivity contribution is 7.80. The van der Waals surface area contributed by atoms with Gasteiger partial charge in [0.2, 0.25) is 0 Å². The molecule has 1 N–H and O–H groups in total. The lowest BCUT2D eigenvalue weighted by Gasteiger charge is -2.53. The minimum absolute atomic E-state index is 0.266. The van der Waals surface area contributed by atoms with E-state index in [9.17, 15) is 0 Å². The van der Waals surface area contributed by atoms with Crippen LogP contribution < -0.4 is 10.1 Å². The van der Waals surface area contributed by atoms with Crippen LogP contribution in [-0.2, 0) is 0 Å². The van der Waals surface area contributed by atoms with Crippen molar-refractivity contribution < 1.29 is 4.74 Å². The average molecular weight is 262 g/mol. The maximum atomic E-state index is 6.23. The van der Waals surface area contributed by atoms with Gasteiger partial charge in [0, 0.05) is 18.0 Å². The number of rotatable bonds is 1. The lowest BCUT2D eigenvalue weighted by atomic mass is 9.90. The topological polar surface area (TPSA) is 24.5 Å². The van der Waals surface area contributed by atoms with Crippen molar-refractivity contribution in [2.45, 2.75) is 45.0 Å². The summed E-state index contributed by atoms with van der Waals surface area (Å²) in [5, 5.41) is 4.23. The van der Waals surface area contributed by atoms with Gasteiger partial charge >= 0.3 is 0 Å². The second-order valence-electron chi connectivity index (χ2n) is 5.48. The van der Waals surface area contributed by atoms with Crippen molar-refractivity contribution in [3.8, 4) is 5.75 Å². The minimum atomic E-state index is -0.338. The van der Waals surface area contributed by atoms with Gasteiger partial charge in [0.25, 0.3) is 0 Å². The van der Waals surface area contributed by atoms with E-state index < -0.39 is 0 Å². The van der Waals surface area contributed by atoms with Crippen LogP contribution in [0.1, 0.15) is 38.8 Å². The Kier molecular flexibility index (Phi) is 2.52. The molecule has 0 spiro atoms. The zero-order chi connectivity index (χ0) is 12.9. The minimum Gasteiger partial charge on any atom is -0.468 e. The van der Waals surface area contributed by atoms with E-state index >= 15 is 0 Å². The first kappa shape index (κ1) is 11.8. The summed E-state index contributed by atoms with van der Waals surface area (Å²) in [4.78, 5) is 2.16. The largest absolute Gasteiger partial charge is 0.468 e. The van der Waals surface area contributed by atoms with Crippen LogP contribution in [0.15, 0.2) is 24.3 Å². The van der Waals surface area contributed by atoms with E-state index in [1.165, 1.54) is 5.56 Å². The van der Waals surface area contributed by atoms with Crippen molar-refractivity contribution in [3.63, 3.8) is 0 Å². The molecule has 3 nitrogen and oxygen atoms in total. The first-order valence-electron chi connectivity index (χ1n) is 6.39. The smallest absolute Gasteiger partial charge is 0.184 e. The SMILES string of the molecule is CC(C)N1C(=S)NC2CC1(C)Oc1ccccc12. The molecule has 0 amide bonds. The third-order valence-electron chi connectivity index (χ3n) is 3.75. The third-order valence-corrected chi connectivity index (χ3v) is 4.06. The maximum absolute atomic E-state index is 6.23. The molecule has 0 aliphatic carbocycles. The molecule has 4 heteroatoms. The van der Waals surface area contributed by atoms with Crippen LogP contribution in [0, 0.1) is 0 Å². The van der Waals surface area contributed by atoms with Crippen molar-refractivity contribution in [3.05, 3.63) is 29.8 Å². The summed E-state index contributed by atoms with van der Waals surface area (Å²) in [7, 11) is 0. The number of ether oxygens (including phenoxy) is 1. The van der Waals surface area contributed by atoms with Gasteiger partial charge in [0.15, 0.2) is 10.8 Å². The van der Waals surface area contributed by atoms with Crippen LogP contribution in [-0.4, -0.2) is 21.8 Å². The van der Waals surface area contributed by atoms with Crippen molar-refractivity contribution in [1.29, 1.82) is 0 Å². The van der Waals surface area contributed by atoms with E-state index in [4.69, 9.17) is 17.0 Å². The quantitative estimate of drug-likeness (QED) is 0.787. The zero-order valence-corrected chi connectivity index (χ0v) is 11.8. The Bertz CT molecular complexity index is 502. The Labute approximate surface area is 113 Å². The first-order chi connectivity index (χ1) is 8.51. The van der Waals surface area contributed by atoms with Crippen molar-refractivity contribution in [2.75, 3.05) is 0 Å². The summed E-state index contributed by atoms with van der Waals surface area (Å²) < 4.78 is 6.23. The molecule has 2 aliphatic rings. The number of hydrogen-bond acceptors (Lipinski definition) is 2. The molecule has 0 saturated carbocycles. The molecule has 2 aliphatic heterocycles. The van der Waals surface area contributed by atoms with Gasteiger partial charge in [-0.2, -0.15) is 0 Å². The van der Waals surface area contributed by atoms with Crippen LogP contribution in [0.5, 0.6) is 5.75 Å². The van der Waals surface area contributed by atoms with E-state index in [0.717, 1.165) is 17.3 Å². The predicted molar refractivity (Wildman–Crippen MR) is 75.5 cm³/mol. The van der Waals surface area contributed by atoms with Crippen LogP contribution in [0.25, 0.3) is 0 Å². The maximum Gasteiger partial charge on any atom is 0.184 e. The summed E-state index contributed by atoms with van der Waals surface area (Å²) in [6.45, 7) is 6.41. The highest BCUT2D eigenvalue weighted by Crippen LogP contribution is 2.44. The van der Waals surface area contributed by atoms with E-state index in [2.05, 4.69) is 37.1 Å². The van der Waals surface area contributed by atoms with E-state index in [0.29, 0.717) is 6.04 Å². The fourth-order valence-corrected chi connectivity index (χ4v) is 3.67. The average Bonchev–Trinajstić information content (AvgIpc) is 2.26. The van der Waals surface area contributed by atoms with Crippen LogP contribution in [0.3, 0.4) is 0 Å². The van der Waals surface area contributed by atoms with Crippen LogP contribution >= 0.6 is 12.2 Å². The molecule has 1 aromatic carbocycles. The van der Waals surface area contributed by atoms with Gasteiger partial charge in [-0.15, -0.1) is 0 Å². The fourth-order valence-electron chi connectivity index (χ4n) is 3.12. The Morgan fingerprint density at radius 2 is 2.17 bits per heavy atom. The lowest BCUT2D eigenvalue weighted by molar-refractivity contribution is -0.0808. The Morgan fingerprint density at radius 3 is 2.89 bits per heavy atom. The third kappa shape index (κ3) is 1.59. The number of nitrogens with zero attached hydrogens (tertiary/aromatic N) is 1. The molecular formula is C14H18N2OS. The molecule has 2 heterocycles. The molecule has 0 aromatic heterocycles. The second kappa shape index (κ2) is 3.85. The molecule has 2 unspecified atom stereocenters. The summed E-state index contributed by atoms with van der Waals surface area (Å²) >= 11 is 5.49. The van der Waals surface area contributed by atoms with Gasteiger partial charge in [-0.05, 0) is 39.1 Å². The van der Waals surface area contributed by atoms with Crippen molar-refractivity contribution in [2.24, 2.45) is 0 Å². The van der Waals surface area contributed by atoms with Gasteiger partial charge in [0.1, 0.15) is 5.75 Å². The molecule has 1 saturated heterocycles. The van der Waals surface area contributed by atoms with Gasteiger partial charge < -0.3 is 15.0 Å². The number of hydrogen-bond donors (Lipinski definition) is 1. The number of para-hydroxylation sites is 1. The predicted octanol–water partition coefficient (Wildman–Crippen LogP) is 2.82. The second-order valence-corrected chi connectivity index (χ2v) is 5.87. The van der Waals surface area contributed by atoms with E-state index in [1.54, 1.807) is 0 Å². The van der Waals surface area contributed by atoms with Crippen molar-refractivity contribution in [1.82, 2.24) is 10.2 Å².